The third kappa shape index (κ3) is 2.47. The summed E-state index contributed by atoms with van der Waals surface area (Å²) < 4.78 is 24.9. The Hall–Kier alpha value is -1.81. The molecule has 2 nitrogen and oxygen atoms in total. The molecule has 0 radical (unpaired) electrons. The van der Waals surface area contributed by atoms with Crippen LogP contribution in [0.1, 0.15) is 10.4 Å². The quantitative estimate of drug-likeness (QED) is 0.783. The normalized spacial score (nSPS) is 12.1. The lowest BCUT2D eigenvalue weighted by atomic mass is 10.2. The predicted octanol–water partition coefficient (Wildman–Crippen LogP) is 2.80. The van der Waals surface area contributed by atoms with Gasteiger partial charge in [0.1, 0.15) is 5.82 Å². The van der Waals surface area contributed by atoms with Gasteiger partial charge in [-0.05, 0) is 30.3 Å². The number of aldehydes is 1. The average molecular weight is 248 g/mol. The molecule has 0 heterocycles. The second-order valence-electron chi connectivity index (χ2n) is 3.38. The minimum Gasteiger partial charge on any atom is -0.298 e. The topological polar surface area (TPSA) is 34.1 Å². The van der Waals surface area contributed by atoms with E-state index in [9.17, 15) is 13.4 Å². The predicted molar refractivity (Wildman–Crippen MR) is 62.9 cm³/mol. The number of carbonyl (C=O) groups is 1. The van der Waals surface area contributed by atoms with Crippen LogP contribution in [-0.4, -0.2) is 10.5 Å². The largest absolute Gasteiger partial charge is 0.298 e. The standard InChI is InChI=1S/C13H9FO2S/c14-11-5-7-12(8-6-11)17(16)13-4-2-1-3-10(13)9-15/h1-9H. The van der Waals surface area contributed by atoms with Crippen molar-refractivity contribution in [3.8, 4) is 0 Å². The molecule has 0 aliphatic heterocycles. The molecular formula is C13H9FO2S. The maximum absolute atomic E-state index is 12.7. The van der Waals surface area contributed by atoms with E-state index in [-0.39, 0.29) is 5.82 Å². The van der Waals surface area contributed by atoms with E-state index >= 15 is 0 Å². The molecule has 0 saturated heterocycles. The maximum Gasteiger partial charge on any atom is 0.151 e. The number of carbonyl (C=O) groups excluding carboxylic acids is 1. The molecule has 2 aromatic carbocycles. The maximum atomic E-state index is 12.7. The minimum atomic E-state index is -1.46. The number of rotatable bonds is 3. The molecule has 0 saturated carbocycles. The van der Waals surface area contributed by atoms with Crippen LogP contribution in [-0.2, 0) is 10.8 Å². The molecular weight excluding hydrogens is 239 g/mol. The Kier molecular flexibility index (Phi) is 3.44. The smallest absolute Gasteiger partial charge is 0.151 e. The minimum absolute atomic E-state index is 0.380. The van der Waals surface area contributed by atoms with Gasteiger partial charge < -0.3 is 0 Å². The summed E-state index contributed by atoms with van der Waals surface area (Å²) in [6.45, 7) is 0. The first kappa shape index (κ1) is 11.7. The van der Waals surface area contributed by atoms with Gasteiger partial charge in [0, 0.05) is 10.5 Å². The van der Waals surface area contributed by atoms with Crippen LogP contribution in [0, 0.1) is 5.82 Å². The summed E-state index contributed by atoms with van der Waals surface area (Å²) in [5, 5.41) is 0. The first-order valence-electron chi connectivity index (χ1n) is 4.94. The molecule has 0 aromatic heterocycles. The van der Waals surface area contributed by atoms with Crippen molar-refractivity contribution in [2.75, 3.05) is 0 Å². The van der Waals surface area contributed by atoms with Crippen molar-refractivity contribution in [3.63, 3.8) is 0 Å². The van der Waals surface area contributed by atoms with Gasteiger partial charge in [0.15, 0.2) is 6.29 Å². The summed E-state index contributed by atoms with van der Waals surface area (Å²) in [6.07, 6.45) is 0.663. The van der Waals surface area contributed by atoms with Gasteiger partial charge in [-0.2, -0.15) is 0 Å². The van der Waals surface area contributed by atoms with E-state index < -0.39 is 10.8 Å². The van der Waals surface area contributed by atoms with Crippen LogP contribution >= 0.6 is 0 Å². The molecule has 17 heavy (non-hydrogen) atoms. The monoisotopic (exact) mass is 248 g/mol. The van der Waals surface area contributed by atoms with Crippen LogP contribution < -0.4 is 0 Å². The Bertz CT molecular complexity index is 564. The fraction of sp³-hybridized carbons (Fsp3) is 0. The molecule has 2 aromatic rings. The number of benzene rings is 2. The zero-order valence-electron chi connectivity index (χ0n) is 8.80. The molecule has 0 fully saturated rings. The van der Waals surface area contributed by atoms with Crippen LogP contribution in [0.5, 0.6) is 0 Å². The summed E-state index contributed by atoms with van der Waals surface area (Å²) in [5.74, 6) is -0.380. The van der Waals surface area contributed by atoms with Crippen molar-refractivity contribution in [2.45, 2.75) is 9.79 Å². The Labute approximate surface area is 101 Å². The van der Waals surface area contributed by atoms with Crippen molar-refractivity contribution in [3.05, 3.63) is 59.9 Å². The molecule has 0 aliphatic carbocycles. The molecule has 0 spiro atoms. The Balaban J connectivity index is 2.43. The zero-order valence-corrected chi connectivity index (χ0v) is 9.62. The second-order valence-corrected chi connectivity index (χ2v) is 4.83. The molecule has 0 N–H and O–H groups in total. The average Bonchev–Trinajstić information content (AvgIpc) is 2.39. The highest BCUT2D eigenvalue weighted by Gasteiger charge is 2.10. The van der Waals surface area contributed by atoms with Crippen LogP contribution in [0.4, 0.5) is 4.39 Å². The highest BCUT2D eigenvalue weighted by atomic mass is 32.2. The van der Waals surface area contributed by atoms with Crippen LogP contribution in [0.3, 0.4) is 0 Å². The molecule has 1 unspecified atom stereocenters. The first-order chi connectivity index (χ1) is 8.22. The van der Waals surface area contributed by atoms with E-state index in [1.54, 1.807) is 24.3 Å². The van der Waals surface area contributed by atoms with Gasteiger partial charge in [-0.15, -0.1) is 0 Å². The van der Waals surface area contributed by atoms with Crippen molar-refractivity contribution in [2.24, 2.45) is 0 Å². The summed E-state index contributed by atoms with van der Waals surface area (Å²) >= 11 is 0. The van der Waals surface area contributed by atoms with Crippen LogP contribution in [0.15, 0.2) is 58.3 Å². The van der Waals surface area contributed by atoms with E-state index in [0.717, 1.165) is 0 Å². The lowest BCUT2D eigenvalue weighted by molar-refractivity contribution is 0.112. The molecule has 0 aliphatic rings. The van der Waals surface area contributed by atoms with E-state index in [0.29, 0.717) is 21.6 Å². The summed E-state index contributed by atoms with van der Waals surface area (Å²) in [4.78, 5) is 11.7. The van der Waals surface area contributed by atoms with Gasteiger partial charge >= 0.3 is 0 Å². The summed E-state index contributed by atoms with van der Waals surface area (Å²) in [5.41, 5.74) is 0.384. The second kappa shape index (κ2) is 5.01. The molecule has 0 amide bonds. The van der Waals surface area contributed by atoms with E-state index in [2.05, 4.69) is 0 Å². The Morgan fingerprint density at radius 2 is 1.65 bits per heavy atom. The van der Waals surface area contributed by atoms with Gasteiger partial charge in [-0.1, -0.05) is 18.2 Å². The van der Waals surface area contributed by atoms with Crippen LogP contribution in [0.25, 0.3) is 0 Å². The highest BCUT2D eigenvalue weighted by Crippen LogP contribution is 2.19. The van der Waals surface area contributed by atoms with Gasteiger partial charge in [-0.3, -0.25) is 4.79 Å². The molecule has 86 valence electrons. The van der Waals surface area contributed by atoms with Crippen molar-refractivity contribution >= 4 is 17.1 Å². The third-order valence-electron chi connectivity index (χ3n) is 2.27. The fourth-order valence-electron chi connectivity index (χ4n) is 1.43. The zero-order chi connectivity index (χ0) is 12.3. The molecule has 4 heteroatoms. The number of hydrogen-bond acceptors (Lipinski definition) is 2. The number of hydrogen-bond donors (Lipinski definition) is 0. The van der Waals surface area contributed by atoms with Crippen molar-refractivity contribution in [1.82, 2.24) is 0 Å². The van der Waals surface area contributed by atoms with Gasteiger partial charge in [0.05, 0.1) is 15.7 Å². The summed E-state index contributed by atoms with van der Waals surface area (Å²) in [6, 6.07) is 12.0. The van der Waals surface area contributed by atoms with Crippen LogP contribution in [0.2, 0.25) is 0 Å². The molecule has 0 bridgehead atoms. The Morgan fingerprint density at radius 3 is 2.29 bits per heavy atom. The third-order valence-corrected chi connectivity index (χ3v) is 3.75. The van der Waals surface area contributed by atoms with Gasteiger partial charge in [-0.25, -0.2) is 8.60 Å². The van der Waals surface area contributed by atoms with E-state index in [1.807, 2.05) is 0 Å². The van der Waals surface area contributed by atoms with Gasteiger partial charge in [0.2, 0.25) is 0 Å². The molecule has 2 rings (SSSR count). The van der Waals surface area contributed by atoms with Crippen molar-refractivity contribution in [1.29, 1.82) is 0 Å². The van der Waals surface area contributed by atoms with Crippen molar-refractivity contribution < 1.29 is 13.4 Å². The van der Waals surface area contributed by atoms with E-state index in [4.69, 9.17) is 0 Å². The lowest BCUT2D eigenvalue weighted by Crippen LogP contribution is -1.97. The van der Waals surface area contributed by atoms with E-state index in [1.165, 1.54) is 24.3 Å². The first-order valence-corrected chi connectivity index (χ1v) is 6.09. The highest BCUT2D eigenvalue weighted by molar-refractivity contribution is 7.85. The SMILES string of the molecule is O=Cc1ccccc1S(=O)c1ccc(F)cc1. The molecule has 1 atom stereocenters. The Morgan fingerprint density at radius 1 is 1.00 bits per heavy atom. The number of halogens is 1. The van der Waals surface area contributed by atoms with Gasteiger partial charge in [0.25, 0.3) is 0 Å². The fourth-order valence-corrected chi connectivity index (χ4v) is 2.60. The summed E-state index contributed by atoms with van der Waals surface area (Å²) in [7, 11) is -1.46. The lowest BCUT2D eigenvalue weighted by Gasteiger charge is -2.04.